The first-order valence-corrected chi connectivity index (χ1v) is 8.39. The Labute approximate surface area is 141 Å². The number of methoxy groups -OCH3 is 1. The lowest BCUT2D eigenvalue weighted by atomic mass is 10.2. The van der Waals surface area contributed by atoms with Gasteiger partial charge in [-0.2, -0.15) is 0 Å². The van der Waals surface area contributed by atoms with Gasteiger partial charge in [-0.05, 0) is 24.6 Å². The molecule has 0 amide bonds. The number of nitrogens with zero attached hydrogens (tertiary/aromatic N) is 3. The lowest BCUT2D eigenvalue weighted by Crippen LogP contribution is -2.20. The number of anilines is 3. The zero-order valence-electron chi connectivity index (χ0n) is 14.0. The number of rotatable bonds is 7. The minimum Gasteiger partial charge on any atom is -0.497 e. The molecule has 1 aromatic carbocycles. The van der Waals surface area contributed by atoms with Gasteiger partial charge in [0.2, 0.25) is 0 Å². The fourth-order valence-electron chi connectivity index (χ4n) is 2.00. The largest absolute Gasteiger partial charge is 0.497 e. The monoisotopic (exact) mass is 333 g/mol. The Bertz CT molecular complexity index is 648. The van der Waals surface area contributed by atoms with E-state index in [0.717, 1.165) is 23.9 Å². The Hall–Kier alpha value is -2.15. The molecule has 0 atom stereocenters. The average Bonchev–Trinajstić information content (AvgIpc) is 2.60. The predicted molar refractivity (Wildman–Crippen MR) is 97.5 cm³/mol. The molecule has 0 unspecified atom stereocenters. The van der Waals surface area contributed by atoms with E-state index < -0.39 is 0 Å². The minimum absolute atomic E-state index is 0.575. The third kappa shape index (κ3) is 4.19. The van der Waals surface area contributed by atoms with E-state index >= 15 is 0 Å². The van der Waals surface area contributed by atoms with E-state index in [2.05, 4.69) is 22.2 Å². The molecule has 3 N–H and O–H groups in total. The first-order chi connectivity index (χ1) is 11.1. The quantitative estimate of drug-likeness (QED) is 0.596. The van der Waals surface area contributed by atoms with Gasteiger partial charge >= 0.3 is 0 Å². The summed E-state index contributed by atoms with van der Waals surface area (Å²) in [5.74, 6) is 3.05. The number of nitrogens with one attached hydrogen (secondary N) is 1. The van der Waals surface area contributed by atoms with Crippen LogP contribution in [-0.2, 0) is 5.75 Å². The van der Waals surface area contributed by atoms with Crippen LogP contribution < -0.4 is 20.7 Å². The summed E-state index contributed by atoms with van der Waals surface area (Å²) in [6, 6.07) is 7.99. The van der Waals surface area contributed by atoms with E-state index in [9.17, 15) is 0 Å². The molecule has 0 aliphatic rings. The predicted octanol–water partition coefficient (Wildman–Crippen LogP) is 2.86. The van der Waals surface area contributed by atoms with E-state index in [1.165, 1.54) is 5.56 Å². The summed E-state index contributed by atoms with van der Waals surface area (Å²) in [5.41, 5.74) is 7.89. The highest BCUT2D eigenvalue weighted by molar-refractivity contribution is 7.98. The molecule has 0 saturated heterocycles. The van der Waals surface area contributed by atoms with Crippen LogP contribution >= 0.6 is 11.8 Å². The van der Waals surface area contributed by atoms with Crippen LogP contribution in [0.3, 0.4) is 0 Å². The molecule has 0 radical (unpaired) electrons. The maximum absolute atomic E-state index is 6.13. The van der Waals surface area contributed by atoms with Gasteiger partial charge in [-0.3, -0.25) is 0 Å². The second kappa shape index (κ2) is 7.92. The van der Waals surface area contributed by atoms with Gasteiger partial charge < -0.3 is 20.7 Å². The van der Waals surface area contributed by atoms with Gasteiger partial charge in [-0.1, -0.05) is 23.9 Å². The van der Waals surface area contributed by atoms with E-state index in [4.69, 9.17) is 10.5 Å². The molecular formula is C16H23N5OS. The molecule has 0 fully saturated rings. The Morgan fingerprint density at radius 2 is 1.96 bits per heavy atom. The normalized spacial score (nSPS) is 10.4. The molecule has 7 heteroatoms. The van der Waals surface area contributed by atoms with E-state index in [-0.39, 0.29) is 0 Å². The summed E-state index contributed by atoms with van der Waals surface area (Å²) < 4.78 is 5.17. The maximum Gasteiger partial charge on any atom is 0.191 e. The number of benzene rings is 1. The fraction of sp³-hybridized carbons (Fsp3) is 0.375. The Morgan fingerprint density at radius 1 is 1.26 bits per heavy atom. The van der Waals surface area contributed by atoms with Crippen molar-refractivity contribution >= 4 is 29.1 Å². The van der Waals surface area contributed by atoms with Crippen molar-refractivity contribution in [2.75, 3.05) is 43.7 Å². The van der Waals surface area contributed by atoms with Gasteiger partial charge in [0, 0.05) is 26.4 Å². The van der Waals surface area contributed by atoms with Crippen molar-refractivity contribution < 1.29 is 4.74 Å². The second-order valence-electron chi connectivity index (χ2n) is 4.99. The molecule has 0 spiro atoms. The van der Waals surface area contributed by atoms with E-state index in [0.29, 0.717) is 16.7 Å². The van der Waals surface area contributed by atoms with Crippen LogP contribution in [0.25, 0.3) is 0 Å². The highest BCUT2D eigenvalue weighted by atomic mass is 32.2. The number of nitrogens with two attached hydrogens (primary N) is 1. The van der Waals surface area contributed by atoms with Crippen molar-refractivity contribution in [1.29, 1.82) is 0 Å². The topological polar surface area (TPSA) is 76.3 Å². The molecule has 23 heavy (non-hydrogen) atoms. The standard InChI is InChI=1S/C16H23N5OS/c1-5-21(3)15-13(17)14(18-2)19-16(20-15)23-10-11-6-8-12(22-4)9-7-11/h6-9H,5,10,17H2,1-4H3,(H,18,19,20). The smallest absolute Gasteiger partial charge is 0.191 e. The summed E-state index contributed by atoms with van der Waals surface area (Å²) in [5, 5.41) is 3.74. The molecule has 0 saturated carbocycles. The molecule has 124 valence electrons. The van der Waals surface area contributed by atoms with Crippen LogP contribution in [0.4, 0.5) is 17.3 Å². The first-order valence-electron chi connectivity index (χ1n) is 7.41. The summed E-state index contributed by atoms with van der Waals surface area (Å²) >= 11 is 1.58. The zero-order chi connectivity index (χ0) is 16.8. The number of ether oxygens (including phenoxy) is 1. The van der Waals surface area contributed by atoms with E-state index in [1.807, 2.05) is 43.3 Å². The number of hydrogen-bond donors (Lipinski definition) is 2. The number of thioether (sulfide) groups is 1. The van der Waals surface area contributed by atoms with Gasteiger partial charge in [0.15, 0.2) is 16.8 Å². The minimum atomic E-state index is 0.575. The van der Waals surface area contributed by atoms with Crippen LogP contribution in [0.5, 0.6) is 5.75 Å². The number of nitrogen functional groups attached to an aromatic ring is 1. The van der Waals surface area contributed by atoms with Crippen molar-refractivity contribution in [2.24, 2.45) is 0 Å². The van der Waals surface area contributed by atoms with Gasteiger partial charge in [0.25, 0.3) is 0 Å². The lowest BCUT2D eigenvalue weighted by molar-refractivity contribution is 0.414. The molecular weight excluding hydrogens is 310 g/mol. The number of aromatic nitrogens is 2. The molecule has 2 rings (SSSR count). The maximum atomic E-state index is 6.13. The van der Waals surface area contributed by atoms with Gasteiger partial charge in [-0.25, -0.2) is 9.97 Å². The van der Waals surface area contributed by atoms with E-state index in [1.54, 1.807) is 18.9 Å². The highest BCUT2D eigenvalue weighted by Crippen LogP contribution is 2.30. The van der Waals surface area contributed by atoms with Crippen LogP contribution in [0.1, 0.15) is 12.5 Å². The highest BCUT2D eigenvalue weighted by Gasteiger charge is 2.14. The average molecular weight is 333 g/mol. The first kappa shape index (κ1) is 17.2. The Morgan fingerprint density at radius 3 is 2.52 bits per heavy atom. The lowest BCUT2D eigenvalue weighted by Gasteiger charge is -2.19. The zero-order valence-corrected chi connectivity index (χ0v) is 14.8. The molecule has 1 heterocycles. The van der Waals surface area contributed by atoms with Crippen LogP contribution in [0.15, 0.2) is 29.4 Å². The summed E-state index contributed by atoms with van der Waals surface area (Å²) in [6.07, 6.45) is 0. The third-order valence-corrected chi connectivity index (χ3v) is 4.42. The van der Waals surface area contributed by atoms with Crippen molar-refractivity contribution in [1.82, 2.24) is 9.97 Å². The van der Waals surface area contributed by atoms with Crippen molar-refractivity contribution in [3.8, 4) is 5.75 Å². The van der Waals surface area contributed by atoms with Crippen LogP contribution in [0.2, 0.25) is 0 Å². The summed E-state index contributed by atoms with van der Waals surface area (Å²) in [4.78, 5) is 11.1. The van der Waals surface area contributed by atoms with Crippen molar-refractivity contribution in [3.05, 3.63) is 29.8 Å². The van der Waals surface area contributed by atoms with Crippen LogP contribution in [-0.4, -0.2) is 37.7 Å². The van der Waals surface area contributed by atoms with Gasteiger partial charge in [0.05, 0.1) is 7.11 Å². The molecule has 2 aromatic rings. The van der Waals surface area contributed by atoms with Crippen molar-refractivity contribution in [2.45, 2.75) is 17.8 Å². The third-order valence-electron chi connectivity index (χ3n) is 3.50. The molecule has 0 aliphatic heterocycles. The number of hydrogen-bond acceptors (Lipinski definition) is 7. The molecule has 1 aromatic heterocycles. The van der Waals surface area contributed by atoms with Crippen molar-refractivity contribution in [3.63, 3.8) is 0 Å². The Balaban J connectivity index is 2.18. The van der Waals surface area contributed by atoms with Gasteiger partial charge in [-0.15, -0.1) is 0 Å². The molecule has 6 nitrogen and oxygen atoms in total. The van der Waals surface area contributed by atoms with Gasteiger partial charge in [0.1, 0.15) is 11.4 Å². The molecule has 0 aliphatic carbocycles. The van der Waals surface area contributed by atoms with Crippen LogP contribution in [0, 0.1) is 0 Å². The Kier molecular flexibility index (Phi) is 5.92. The fourth-order valence-corrected chi connectivity index (χ4v) is 2.80. The summed E-state index contributed by atoms with van der Waals surface area (Å²) in [6.45, 7) is 2.89. The second-order valence-corrected chi connectivity index (χ2v) is 5.94. The SMILES string of the molecule is CCN(C)c1nc(SCc2ccc(OC)cc2)nc(NC)c1N. The molecule has 0 bridgehead atoms. The summed E-state index contributed by atoms with van der Waals surface area (Å²) in [7, 11) is 5.44.